The highest BCUT2D eigenvalue weighted by Crippen LogP contribution is 2.16. The molecule has 2 N–H and O–H groups in total. The normalized spacial score (nSPS) is 18.9. The maximum atomic E-state index is 11.9. The van der Waals surface area contributed by atoms with Crippen LogP contribution in [-0.4, -0.2) is 18.5 Å². The van der Waals surface area contributed by atoms with Crippen LogP contribution in [0.15, 0.2) is 12.1 Å². The van der Waals surface area contributed by atoms with Crippen LogP contribution in [0.4, 0.5) is 0 Å². The van der Waals surface area contributed by atoms with Gasteiger partial charge >= 0.3 is 0 Å². The second kappa shape index (κ2) is 5.53. The number of carbonyl (C=O) groups excluding carboxylic acids is 1. The van der Waals surface area contributed by atoms with E-state index < -0.39 is 0 Å². The molecule has 0 aromatic heterocycles. The zero-order chi connectivity index (χ0) is 13.1. The molecular formula is C15H22N2O. The van der Waals surface area contributed by atoms with E-state index in [9.17, 15) is 4.79 Å². The van der Waals surface area contributed by atoms with Crippen LogP contribution in [-0.2, 0) is 11.3 Å². The topological polar surface area (TPSA) is 41.1 Å². The fourth-order valence-corrected chi connectivity index (χ4v) is 2.70. The SMILES string of the molecule is Cc1cc(C)c(CNC(=O)C2CCCN2)c(C)c1. The third-order valence-electron chi connectivity index (χ3n) is 3.66. The van der Waals surface area contributed by atoms with Gasteiger partial charge in [0.1, 0.15) is 0 Å². The Labute approximate surface area is 109 Å². The Morgan fingerprint density at radius 1 is 1.33 bits per heavy atom. The molecule has 1 aromatic rings. The summed E-state index contributed by atoms with van der Waals surface area (Å²) >= 11 is 0. The number of amides is 1. The van der Waals surface area contributed by atoms with Gasteiger partial charge in [0.15, 0.2) is 0 Å². The van der Waals surface area contributed by atoms with Gasteiger partial charge in [-0.2, -0.15) is 0 Å². The number of hydrogen-bond acceptors (Lipinski definition) is 2. The largest absolute Gasteiger partial charge is 0.351 e. The van der Waals surface area contributed by atoms with Gasteiger partial charge in [-0.05, 0) is 56.8 Å². The molecule has 1 aliphatic rings. The van der Waals surface area contributed by atoms with Gasteiger partial charge in [-0.1, -0.05) is 17.7 Å². The molecule has 3 heteroatoms. The lowest BCUT2D eigenvalue weighted by Gasteiger charge is -2.15. The molecule has 0 bridgehead atoms. The molecule has 2 rings (SSSR count). The summed E-state index contributed by atoms with van der Waals surface area (Å²) in [4.78, 5) is 11.9. The summed E-state index contributed by atoms with van der Waals surface area (Å²) < 4.78 is 0. The van der Waals surface area contributed by atoms with Crippen LogP contribution in [0.25, 0.3) is 0 Å². The average molecular weight is 246 g/mol. The van der Waals surface area contributed by atoms with Crippen molar-refractivity contribution in [3.8, 4) is 0 Å². The molecule has 3 nitrogen and oxygen atoms in total. The molecule has 1 unspecified atom stereocenters. The van der Waals surface area contributed by atoms with Gasteiger partial charge in [-0.3, -0.25) is 4.79 Å². The fraction of sp³-hybridized carbons (Fsp3) is 0.533. The highest BCUT2D eigenvalue weighted by atomic mass is 16.2. The van der Waals surface area contributed by atoms with E-state index in [-0.39, 0.29) is 11.9 Å². The van der Waals surface area contributed by atoms with E-state index >= 15 is 0 Å². The molecule has 1 amide bonds. The number of carbonyl (C=O) groups is 1. The zero-order valence-electron chi connectivity index (χ0n) is 11.5. The van der Waals surface area contributed by atoms with E-state index in [1.165, 1.54) is 22.3 Å². The maximum absolute atomic E-state index is 11.9. The van der Waals surface area contributed by atoms with E-state index in [2.05, 4.69) is 43.5 Å². The first kappa shape index (κ1) is 13.1. The van der Waals surface area contributed by atoms with E-state index in [0.717, 1.165) is 19.4 Å². The van der Waals surface area contributed by atoms with E-state index in [1.807, 2.05) is 0 Å². The highest BCUT2D eigenvalue weighted by molar-refractivity contribution is 5.82. The average Bonchev–Trinajstić information content (AvgIpc) is 2.80. The fourth-order valence-electron chi connectivity index (χ4n) is 2.70. The zero-order valence-corrected chi connectivity index (χ0v) is 11.5. The molecule has 1 aliphatic heterocycles. The minimum absolute atomic E-state index is 0.0102. The van der Waals surface area contributed by atoms with Crippen molar-refractivity contribution in [1.82, 2.24) is 10.6 Å². The van der Waals surface area contributed by atoms with Crippen molar-refractivity contribution in [1.29, 1.82) is 0 Å². The lowest BCUT2D eigenvalue weighted by atomic mass is 10.00. The molecule has 1 saturated heterocycles. The number of nitrogens with one attached hydrogen (secondary N) is 2. The first-order chi connectivity index (χ1) is 8.58. The van der Waals surface area contributed by atoms with E-state index in [0.29, 0.717) is 6.54 Å². The van der Waals surface area contributed by atoms with E-state index in [4.69, 9.17) is 0 Å². The quantitative estimate of drug-likeness (QED) is 0.856. The second-order valence-corrected chi connectivity index (χ2v) is 5.24. The summed E-state index contributed by atoms with van der Waals surface area (Å²) in [5.74, 6) is 0.131. The van der Waals surface area contributed by atoms with Crippen LogP contribution in [0.3, 0.4) is 0 Å². The summed E-state index contributed by atoms with van der Waals surface area (Å²) in [7, 11) is 0. The van der Waals surface area contributed by atoms with E-state index in [1.54, 1.807) is 0 Å². The van der Waals surface area contributed by atoms with Crippen molar-refractivity contribution in [3.05, 3.63) is 34.4 Å². The predicted octanol–water partition coefficient (Wildman–Crippen LogP) is 1.98. The highest BCUT2D eigenvalue weighted by Gasteiger charge is 2.21. The standard InChI is InChI=1S/C15H22N2O/c1-10-7-11(2)13(12(3)8-10)9-17-15(18)14-5-4-6-16-14/h7-8,14,16H,4-6,9H2,1-3H3,(H,17,18). The van der Waals surface area contributed by atoms with Crippen molar-refractivity contribution >= 4 is 5.91 Å². The summed E-state index contributed by atoms with van der Waals surface area (Å²) in [6.45, 7) is 7.91. The Bertz CT molecular complexity index is 425. The van der Waals surface area contributed by atoms with Crippen molar-refractivity contribution < 1.29 is 4.79 Å². The van der Waals surface area contributed by atoms with Gasteiger partial charge in [0.05, 0.1) is 6.04 Å². The molecule has 1 fully saturated rings. The number of aryl methyl sites for hydroxylation is 3. The van der Waals surface area contributed by atoms with Crippen LogP contribution in [0.5, 0.6) is 0 Å². The monoisotopic (exact) mass is 246 g/mol. The minimum atomic E-state index is 0.0102. The van der Waals surface area contributed by atoms with Crippen molar-refractivity contribution in [2.45, 2.75) is 46.2 Å². The van der Waals surface area contributed by atoms with Crippen LogP contribution < -0.4 is 10.6 Å². The Morgan fingerprint density at radius 2 is 2.00 bits per heavy atom. The van der Waals surface area contributed by atoms with Crippen LogP contribution in [0.1, 0.15) is 35.1 Å². The van der Waals surface area contributed by atoms with Gasteiger partial charge in [-0.25, -0.2) is 0 Å². The van der Waals surface area contributed by atoms with Gasteiger partial charge in [0.25, 0.3) is 0 Å². The smallest absolute Gasteiger partial charge is 0.237 e. The molecule has 0 saturated carbocycles. The number of benzene rings is 1. The molecule has 0 spiro atoms. The summed E-state index contributed by atoms with van der Waals surface area (Å²) in [6, 6.07) is 4.35. The van der Waals surface area contributed by atoms with Gasteiger partial charge < -0.3 is 10.6 Å². The third-order valence-corrected chi connectivity index (χ3v) is 3.66. The lowest BCUT2D eigenvalue weighted by molar-refractivity contribution is -0.122. The first-order valence-corrected chi connectivity index (χ1v) is 6.66. The second-order valence-electron chi connectivity index (χ2n) is 5.24. The molecule has 0 aliphatic carbocycles. The summed E-state index contributed by atoms with van der Waals surface area (Å²) in [5.41, 5.74) is 5.03. The molecular weight excluding hydrogens is 224 g/mol. The van der Waals surface area contributed by atoms with Crippen LogP contribution >= 0.6 is 0 Å². The Hall–Kier alpha value is -1.35. The Balaban J connectivity index is 1.99. The minimum Gasteiger partial charge on any atom is -0.351 e. The predicted molar refractivity (Wildman–Crippen MR) is 73.5 cm³/mol. The molecule has 18 heavy (non-hydrogen) atoms. The van der Waals surface area contributed by atoms with Crippen molar-refractivity contribution in [3.63, 3.8) is 0 Å². The van der Waals surface area contributed by atoms with Crippen LogP contribution in [0, 0.1) is 20.8 Å². The Morgan fingerprint density at radius 3 is 2.56 bits per heavy atom. The molecule has 0 radical (unpaired) electrons. The summed E-state index contributed by atoms with van der Waals surface area (Å²) in [6.07, 6.45) is 2.05. The number of rotatable bonds is 3. The first-order valence-electron chi connectivity index (χ1n) is 6.66. The third kappa shape index (κ3) is 2.91. The molecule has 1 heterocycles. The van der Waals surface area contributed by atoms with Gasteiger partial charge in [0.2, 0.25) is 5.91 Å². The Kier molecular flexibility index (Phi) is 4.02. The lowest BCUT2D eigenvalue weighted by Crippen LogP contribution is -2.40. The van der Waals surface area contributed by atoms with Crippen molar-refractivity contribution in [2.75, 3.05) is 6.54 Å². The van der Waals surface area contributed by atoms with Crippen LogP contribution in [0.2, 0.25) is 0 Å². The van der Waals surface area contributed by atoms with Gasteiger partial charge in [0, 0.05) is 6.54 Å². The van der Waals surface area contributed by atoms with Gasteiger partial charge in [-0.15, -0.1) is 0 Å². The molecule has 98 valence electrons. The maximum Gasteiger partial charge on any atom is 0.237 e. The summed E-state index contributed by atoms with van der Waals surface area (Å²) in [5, 5.41) is 6.26. The van der Waals surface area contributed by atoms with Crippen molar-refractivity contribution in [2.24, 2.45) is 0 Å². The molecule has 1 atom stereocenters. The number of hydrogen-bond donors (Lipinski definition) is 2. The molecule has 1 aromatic carbocycles.